The predicted octanol–water partition coefficient (Wildman–Crippen LogP) is 3.18. The van der Waals surface area contributed by atoms with Crippen LogP contribution < -0.4 is 15.4 Å². The molecule has 0 aliphatic carbocycles. The lowest BCUT2D eigenvalue weighted by Gasteiger charge is -2.23. The molecule has 23 heavy (non-hydrogen) atoms. The molecule has 1 unspecified atom stereocenters. The first-order chi connectivity index (χ1) is 10.9. The van der Waals surface area contributed by atoms with Gasteiger partial charge in [-0.05, 0) is 45.9 Å². The smallest absolute Gasteiger partial charge is 0.265 e. The van der Waals surface area contributed by atoms with Gasteiger partial charge in [0.2, 0.25) is 0 Å². The number of carbonyl (C=O) groups is 2. The van der Waals surface area contributed by atoms with Gasteiger partial charge in [-0.25, -0.2) is 0 Å². The lowest BCUT2D eigenvalue weighted by atomic mass is 10.1. The molecule has 2 heterocycles. The van der Waals surface area contributed by atoms with Crippen LogP contribution in [0.2, 0.25) is 0 Å². The molecule has 1 aromatic carbocycles. The predicted molar refractivity (Wildman–Crippen MR) is 86.0 cm³/mol. The van der Waals surface area contributed by atoms with Gasteiger partial charge in [-0.2, -0.15) is 0 Å². The summed E-state index contributed by atoms with van der Waals surface area (Å²) in [7, 11) is 0. The summed E-state index contributed by atoms with van der Waals surface area (Å²) in [6.45, 7) is 7.12. The molecule has 3 rings (SSSR count). The fourth-order valence-electron chi connectivity index (χ4n) is 2.61. The highest BCUT2D eigenvalue weighted by molar-refractivity contribution is 6.07. The van der Waals surface area contributed by atoms with Gasteiger partial charge in [-0.3, -0.25) is 9.59 Å². The molecule has 1 atom stereocenters. The topological polar surface area (TPSA) is 80.6 Å². The Morgan fingerprint density at radius 3 is 2.61 bits per heavy atom. The first-order valence-corrected chi connectivity index (χ1v) is 7.36. The molecule has 2 N–H and O–H groups in total. The maximum Gasteiger partial charge on any atom is 0.265 e. The van der Waals surface area contributed by atoms with Gasteiger partial charge in [0.25, 0.3) is 11.8 Å². The van der Waals surface area contributed by atoms with Gasteiger partial charge in [0.05, 0.1) is 11.3 Å². The number of fused-ring (bicyclic) bond motifs is 1. The molecule has 1 aromatic heterocycles. The van der Waals surface area contributed by atoms with Crippen LogP contribution >= 0.6 is 0 Å². The highest BCUT2D eigenvalue weighted by atomic mass is 16.5. The first-order valence-electron chi connectivity index (χ1n) is 7.36. The lowest BCUT2D eigenvalue weighted by molar-refractivity contribution is -0.122. The molecule has 120 valence electrons. The summed E-state index contributed by atoms with van der Waals surface area (Å²) >= 11 is 0. The Bertz CT molecular complexity index is 807. The lowest BCUT2D eigenvalue weighted by Crippen LogP contribution is -2.34. The van der Waals surface area contributed by atoms with Crippen LogP contribution in [0.15, 0.2) is 22.6 Å². The van der Waals surface area contributed by atoms with Crippen molar-refractivity contribution in [2.75, 3.05) is 10.6 Å². The number of amides is 2. The minimum atomic E-state index is -0.526. The number of hydrogen-bond acceptors (Lipinski definition) is 4. The van der Waals surface area contributed by atoms with Crippen molar-refractivity contribution in [2.45, 2.75) is 33.8 Å². The Labute approximate surface area is 133 Å². The van der Waals surface area contributed by atoms with Crippen molar-refractivity contribution < 1.29 is 18.7 Å². The molecule has 0 fully saturated rings. The van der Waals surface area contributed by atoms with Crippen molar-refractivity contribution in [3.8, 4) is 5.75 Å². The summed E-state index contributed by atoms with van der Waals surface area (Å²) in [5.74, 6) is 1.45. The number of ether oxygens (including phenoxy) is 1. The minimum absolute atomic E-state index is 0.210. The van der Waals surface area contributed by atoms with Gasteiger partial charge in [0.15, 0.2) is 6.10 Å². The number of hydrogen-bond donors (Lipinski definition) is 2. The quantitative estimate of drug-likeness (QED) is 0.892. The average molecular weight is 314 g/mol. The molecule has 1 aliphatic rings. The van der Waals surface area contributed by atoms with E-state index in [-0.39, 0.29) is 11.8 Å². The molecule has 0 saturated heterocycles. The van der Waals surface area contributed by atoms with Gasteiger partial charge in [-0.15, -0.1) is 0 Å². The zero-order valence-electron chi connectivity index (χ0n) is 13.4. The monoisotopic (exact) mass is 314 g/mol. The third-order valence-electron chi connectivity index (χ3n) is 3.96. The Balaban J connectivity index is 1.85. The number of rotatable bonds is 2. The van der Waals surface area contributed by atoms with Gasteiger partial charge in [-0.1, -0.05) is 0 Å². The van der Waals surface area contributed by atoms with Crippen LogP contribution in [-0.4, -0.2) is 17.9 Å². The number of carbonyl (C=O) groups excluding carboxylic acids is 2. The second-order valence-electron chi connectivity index (χ2n) is 5.63. The zero-order valence-corrected chi connectivity index (χ0v) is 13.4. The molecule has 6 nitrogen and oxygen atoms in total. The van der Waals surface area contributed by atoms with E-state index < -0.39 is 6.10 Å². The highest BCUT2D eigenvalue weighted by Crippen LogP contribution is 2.32. The largest absolute Gasteiger partial charge is 0.479 e. The summed E-state index contributed by atoms with van der Waals surface area (Å²) in [4.78, 5) is 24.1. The number of benzene rings is 1. The van der Waals surface area contributed by atoms with E-state index in [4.69, 9.17) is 9.15 Å². The van der Waals surface area contributed by atoms with Crippen LogP contribution in [0, 0.1) is 20.8 Å². The first kappa shape index (κ1) is 15.1. The minimum Gasteiger partial charge on any atom is -0.479 e. The van der Waals surface area contributed by atoms with Gasteiger partial charge in [0.1, 0.15) is 17.3 Å². The van der Waals surface area contributed by atoms with Crippen molar-refractivity contribution in [1.82, 2.24) is 0 Å². The second-order valence-corrected chi connectivity index (χ2v) is 5.63. The molecule has 0 radical (unpaired) electrons. The standard InChI is InChI=1S/C17H18N2O4/c1-8-9(2)22-10(3)15(8)17(21)18-12-5-6-14-13(7-12)19-16(20)11(4)23-14/h5-7,11H,1-4H3,(H,18,21)(H,19,20). The zero-order chi connectivity index (χ0) is 16.7. The summed E-state index contributed by atoms with van der Waals surface area (Å²) in [5.41, 5.74) is 2.48. The molecule has 0 spiro atoms. The van der Waals surface area contributed by atoms with E-state index >= 15 is 0 Å². The van der Waals surface area contributed by atoms with Gasteiger partial charge < -0.3 is 19.8 Å². The van der Waals surface area contributed by atoms with Crippen molar-refractivity contribution in [3.05, 3.63) is 40.8 Å². The SMILES string of the molecule is Cc1oc(C)c(C(=O)Nc2ccc3c(c2)NC(=O)C(C)O3)c1C. The summed E-state index contributed by atoms with van der Waals surface area (Å²) in [6, 6.07) is 5.13. The number of nitrogens with one attached hydrogen (secondary N) is 2. The molecule has 0 saturated carbocycles. The van der Waals surface area contributed by atoms with E-state index in [2.05, 4.69) is 10.6 Å². The fourth-order valence-corrected chi connectivity index (χ4v) is 2.61. The van der Waals surface area contributed by atoms with Crippen molar-refractivity contribution in [1.29, 1.82) is 0 Å². The molecule has 6 heteroatoms. The highest BCUT2D eigenvalue weighted by Gasteiger charge is 2.24. The maximum atomic E-state index is 12.5. The number of anilines is 2. The van der Waals surface area contributed by atoms with E-state index in [1.807, 2.05) is 13.8 Å². The van der Waals surface area contributed by atoms with E-state index in [9.17, 15) is 9.59 Å². The van der Waals surface area contributed by atoms with E-state index in [1.165, 1.54) is 0 Å². The van der Waals surface area contributed by atoms with Crippen molar-refractivity contribution in [3.63, 3.8) is 0 Å². The van der Waals surface area contributed by atoms with Gasteiger partial charge in [0, 0.05) is 11.3 Å². The van der Waals surface area contributed by atoms with Crippen LogP contribution in [-0.2, 0) is 4.79 Å². The Morgan fingerprint density at radius 2 is 1.96 bits per heavy atom. The van der Waals surface area contributed by atoms with E-state index in [0.717, 1.165) is 11.3 Å². The normalized spacial score (nSPS) is 16.3. The number of aryl methyl sites for hydroxylation is 2. The maximum absolute atomic E-state index is 12.5. The van der Waals surface area contributed by atoms with Crippen LogP contribution in [0.4, 0.5) is 11.4 Å². The Hall–Kier alpha value is -2.76. The van der Waals surface area contributed by atoms with Crippen LogP contribution in [0.5, 0.6) is 5.75 Å². The molecular formula is C17H18N2O4. The molecule has 1 aliphatic heterocycles. The number of furan rings is 1. The summed E-state index contributed by atoms with van der Waals surface area (Å²) < 4.78 is 11.0. The summed E-state index contributed by atoms with van der Waals surface area (Å²) in [5, 5.41) is 5.58. The Kier molecular flexibility index (Phi) is 3.60. The summed E-state index contributed by atoms with van der Waals surface area (Å²) in [6.07, 6.45) is -0.526. The third kappa shape index (κ3) is 2.67. The molecular weight excluding hydrogens is 296 g/mol. The van der Waals surface area contributed by atoms with Gasteiger partial charge >= 0.3 is 0 Å². The van der Waals surface area contributed by atoms with E-state index in [1.54, 1.807) is 32.0 Å². The molecule has 2 aromatic rings. The molecule has 2 amide bonds. The van der Waals surface area contributed by atoms with Crippen molar-refractivity contribution >= 4 is 23.2 Å². The fraction of sp³-hybridized carbons (Fsp3) is 0.294. The van der Waals surface area contributed by atoms with Crippen molar-refractivity contribution in [2.24, 2.45) is 0 Å². The Morgan fingerprint density at radius 1 is 1.22 bits per heavy atom. The van der Waals surface area contributed by atoms with E-state index in [0.29, 0.717) is 28.4 Å². The van der Waals surface area contributed by atoms with Crippen LogP contribution in [0.1, 0.15) is 34.4 Å². The third-order valence-corrected chi connectivity index (χ3v) is 3.96. The second kappa shape index (κ2) is 5.46. The molecule has 0 bridgehead atoms. The van der Waals surface area contributed by atoms with Crippen LogP contribution in [0.3, 0.4) is 0 Å². The van der Waals surface area contributed by atoms with Crippen LogP contribution in [0.25, 0.3) is 0 Å². The average Bonchev–Trinajstić information content (AvgIpc) is 2.73.